The standard InChI is InChI=1S/C19H29N3O3S/c23-18(20-8-4-10-22-9-1-7-19(22)24)15-21(13-16-5-2-11-25-16)14-17-6-3-12-26-17/h3,6,12,16H,1-2,4-5,7-11,13-15H2,(H,20,23). The van der Waals surface area contributed by atoms with Crippen LogP contribution in [0.25, 0.3) is 0 Å². The molecular formula is C19H29N3O3S. The summed E-state index contributed by atoms with van der Waals surface area (Å²) >= 11 is 1.72. The van der Waals surface area contributed by atoms with Crippen molar-refractivity contribution in [3.63, 3.8) is 0 Å². The maximum absolute atomic E-state index is 12.3. The molecule has 3 rings (SSSR count). The van der Waals surface area contributed by atoms with Crippen LogP contribution in [0, 0.1) is 0 Å². The summed E-state index contributed by atoms with van der Waals surface area (Å²) < 4.78 is 5.74. The first-order valence-electron chi connectivity index (χ1n) is 9.61. The number of carbonyl (C=O) groups is 2. The van der Waals surface area contributed by atoms with Crippen molar-refractivity contribution in [2.24, 2.45) is 0 Å². The number of hydrogen-bond acceptors (Lipinski definition) is 5. The first kappa shape index (κ1) is 19.3. The molecule has 144 valence electrons. The highest BCUT2D eigenvalue weighted by Gasteiger charge is 2.22. The summed E-state index contributed by atoms with van der Waals surface area (Å²) in [4.78, 5) is 29.3. The van der Waals surface area contributed by atoms with E-state index in [9.17, 15) is 9.59 Å². The molecule has 2 amide bonds. The Balaban J connectivity index is 1.39. The van der Waals surface area contributed by atoms with E-state index >= 15 is 0 Å². The van der Waals surface area contributed by atoms with Crippen molar-refractivity contribution >= 4 is 23.2 Å². The second-order valence-electron chi connectivity index (χ2n) is 7.07. The normalized spacial score (nSPS) is 20.3. The summed E-state index contributed by atoms with van der Waals surface area (Å²) in [6, 6.07) is 4.15. The van der Waals surface area contributed by atoms with Gasteiger partial charge in [0, 0.05) is 50.6 Å². The lowest BCUT2D eigenvalue weighted by Crippen LogP contribution is -2.41. The predicted octanol–water partition coefficient (Wildman–Crippen LogP) is 1.86. The van der Waals surface area contributed by atoms with Gasteiger partial charge in [0.25, 0.3) is 0 Å². The Hall–Kier alpha value is -1.44. The molecular weight excluding hydrogens is 350 g/mol. The monoisotopic (exact) mass is 379 g/mol. The minimum Gasteiger partial charge on any atom is -0.377 e. The number of nitrogens with one attached hydrogen (secondary N) is 1. The second kappa shape index (κ2) is 10.0. The van der Waals surface area contributed by atoms with Crippen molar-refractivity contribution in [2.75, 3.05) is 39.3 Å². The van der Waals surface area contributed by atoms with Crippen molar-refractivity contribution < 1.29 is 14.3 Å². The number of thiophene rings is 1. The molecule has 2 aliphatic heterocycles. The zero-order valence-electron chi connectivity index (χ0n) is 15.3. The van der Waals surface area contributed by atoms with E-state index in [1.807, 2.05) is 11.0 Å². The third kappa shape index (κ3) is 6.07. The summed E-state index contributed by atoms with van der Waals surface area (Å²) in [5.74, 6) is 0.294. The molecule has 0 saturated carbocycles. The van der Waals surface area contributed by atoms with Crippen LogP contribution >= 0.6 is 11.3 Å². The molecule has 1 unspecified atom stereocenters. The number of nitrogens with zero attached hydrogens (tertiary/aromatic N) is 2. The molecule has 1 atom stereocenters. The Labute approximate surface area is 159 Å². The molecule has 0 aliphatic carbocycles. The van der Waals surface area contributed by atoms with Crippen molar-refractivity contribution in [2.45, 2.75) is 44.8 Å². The topological polar surface area (TPSA) is 61.9 Å². The Kier molecular flexibility index (Phi) is 7.46. The van der Waals surface area contributed by atoms with Gasteiger partial charge < -0.3 is 15.0 Å². The summed E-state index contributed by atoms with van der Waals surface area (Å²) in [6.45, 7) is 5.03. The van der Waals surface area contributed by atoms with Crippen LogP contribution in [0.1, 0.15) is 37.0 Å². The van der Waals surface area contributed by atoms with Crippen LogP contribution in [0.2, 0.25) is 0 Å². The minimum atomic E-state index is 0.0484. The van der Waals surface area contributed by atoms with Gasteiger partial charge in [-0.3, -0.25) is 14.5 Å². The Morgan fingerprint density at radius 3 is 3.04 bits per heavy atom. The van der Waals surface area contributed by atoms with Gasteiger partial charge in [0.1, 0.15) is 0 Å². The van der Waals surface area contributed by atoms with E-state index in [0.717, 1.165) is 58.5 Å². The first-order chi connectivity index (χ1) is 12.7. The van der Waals surface area contributed by atoms with Gasteiger partial charge in [0.05, 0.1) is 12.6 Å². The Bertz CT molecular complexity index is 573. The zero-order chi connectivity index (χ0) is 18.2. The van der Waals surface area contributed by atoms with Crippen LogP contribution < -0.4 is 5.32 Å². The summed E-state index contributed by atoms with van der Waals surface area (Å²) in [5, 5.41) is 5.07. The van der Waals surface area contributed by atoms with E-state index in [4.69, 9.17) is 4.74 Å². The highest BCUT2D eigenvalue weighted by molar-refractivity contribution is 7.09. The van der Waals surface area contributed by atoms with Gasteiger partial charge in [0.2, 0.25) is 11.8 Å². The lowest BCUT2D eigenvalue weighted by atomic mass is 10.2. The van der Waals surface area contributed by atoms with Crippen LogP contribution in [0.3, 0.4) is 0 Å². The number of rotatable bonds is 10. The number of ether oxygens (including phenoxy) is 1. The van der Waals surface area contributed by atoms with E-state index in [1.54, 1.807) is 11.3 Å². The van der Waals surface area contributed by atoms with Crippen LogP contribution in [0.4, 0.5) is 0 Å². The first-order valence-corrected chi connectivity index (χ1v) is 10.5. The molecule has 3 heterocycles. The smallest absolute Gasteiger partial charge is 0.234 e. The lowest BCUT2D eigenvalue weighted by Gasteiger charge is -2.24. The molecule has 26 heavy (non-hydrogen) atoms. The van der Waals surface area contributed by atoms with Gasteiger partial charge in [-0.05, 0) is 37.1 Å². The number of likely N-dealkylation sites (tertiary alicyclic amines) is 1. The zero-order valence-corrected chi connectivity index (χ0v) is 16.1. The van der Waals surface area contributed by atoms with Crippen molar-refractivity contribution in [3.8, 4) is 0 Å². The van der Waals surface area contributed by atoms with E-state index in [-0.39, 0.29) is 17.9 Å². The summed E-state index contributed by atoms with van der Waals surface area (Å²) in [7, 11) is 0. The molecule has 1 aromatic heterocycles. The van der Waals surface area contributed by atoms with Crippen molar-refractivity contribution in [3.05, 3.63) is 22.4 Å². The van der Waals surface area contributed by atoms with E-state index in [1.165, 1.54) is 4.88 Å². The number of amides is 2. The van der Waals surface area contributed by atoms with Crippen molar-refractivity contribution in [1.82, 2.24) is 15.1 Å². The summed E-state index contributed by atoms with van der Waals surface area (Å²) in [5.41, 5.74) is 0. The fourth-order valence-electron chi connectivity index (χ4n) is 3.58. The van der Waals surface area contributed by atoms with Gasteiger partial charge in [-0.15, -0.1) is 11.3 Å². The second-order valence-corrected chi connectivity index (χ2v) is 8.10. The third-order valence-electron chi connectivity index (χ3n) is 4.91. The van der Waals surface area contributed by atoms with Gasteiger partial charge >= 0.3 is 0 Å². The molecule has 1 aromatic rings. The molecule has 2 saturated heterocycles. The third-order valence-corrected chi connectivity index (χ3v) is 5.77. The fourth-order valence-corrected chi connectivity index (χ4v) is 4.33. The highest BCUT2D eigenvalue weighted by Crippen LogP contribution is 2.17. The average molecular weight is 380 g/mol. The summed E-state index contributed by atoms with van der Waals surface area (Å²) in [6.07, 6.45) is 4.88. The molecule has 0 bridgehead atoms. The molecule has 7 heteroatoms. The van der Waals surface area contributed by atoms with E-state index in [0.29, 0.717) is 19.5 Å². The van der Waals surface area contributed by atoms with Gasteiger partial charge in [-0.2, -0.15) is 0 Å². The number of carbonyl (C=O) groups excluding carboxylic acids is 2. The average Bonchev–Trinajstić information content (AvgIpc) is 3.36. The molecule has 6 nitrogen and oxygen atoms in total. The predicted molar refractivity (Wildman–Crippen MR) is 102 cm³/mol. The molecule has 0 radical (unpaired) electrons. The SMILES string of the molecule is O=C(CN(Cc1cccs1)CC1CCCO1)NCCCN1CCCC1=O. The maximum atomic E-state index is 12.3. The fraction of sp³-hybridized carbons (Fsp3) is 0.684. The van der Waals surface area contributed by atoms with Crippen LogP contribution in [-0.4, -0.2) is 67.0 Å². The highest BCUT2D eigenvalue weighted by atomic mass is 32.1. The molecule has 2 aliphatic rings. The van der Waals surface area contributed by atoms with E-state index in [2.05, 4.69) is 21.7 Å². The molecule has 0 spiro atoms. The van der Waals surface area contributed by atoms with Gasteiger partial charge in [-0.25, -0.2) is 0 Å². The van der Waals surface area contributed by atoms with E-state index < -0.39 is 0 Å². The molecule has 2 fully saturated rings. The van der Waals surface area contributed by atoms with Crippen LogP contribution in [0.15, 0.2) is 17.5 Å². The van der Waals surface area contributed by atoms with Gasteiger partial charge in [-0.1, -0.05) is 6.07 Å². The largest absolute Gasteiger partial charge is 0.377 e. The lowest BCUT2D eigenvalue weighted by molar-refractivity contribution is -0.127. The number of hydrogen-bond donors (Lipinski definition) is 1. The maximum Gasteiger partial charge on any atom is 0.234 e. The minimum absolute atomic E-state index is 0.0484. The van der Waals surface area contributed by atoms with Crippen LogP contribution in [0.5, 0.6) is 0 Å². The molecule has 1 N–H and O–H groups in total. The molecule has 0 aromatic carbocycles. The van der Waals surface area contributed by atoms with Crippen LogP contribution in [-0.2, 0) is 20.9 Å². The Morgan fingerprint density at radius 1 is 1.42 bits per heavy atom. The van der Waals surface area contributed by atoms with Gasteiger partial charge in [0.15, 0.2) is 0 Å². The van der Waals surface area contributed by atoms with Crippen molar-refractivity contribution in [1.29, 1.82) is 0 Å². The Morgan fingerprint density at radius 2 is 2.35 bits per heavy atom. The quantitative estimate of drug-likeness (QED) is 0.631.